The van der Waals surface area contributed by atoms with Gasteiger partial charge in [-0.25, -0.2) is 13.2 Å². The van der Waals surface area contributed by atoms with Crippen LogP contribution < -0.4 is 10.9 Å². The van der Waals surface area contributed by atoms with Crippen molar-refractivity contribution in [1.82, 2.24) is 14.8 Å². The number of aliphatic carboxylic acids is 1. The van der Waals surface area contributed by atoms with Gasteiger partial charge in [-0.3, -0.25) is 14.4 Å². The van der Waals surface area contributed by atoms with E-state index in [2.05, 4.69) is 0 Å². The van der Waals surface area contributed by atoms with Crippen molar-refractivity contribution >= 4 is 11.9 Å². The van der Waals surface area contributed by atoms with Crippen LogP contribution in [0.5, 0.6) is 0 Å². The van der Waals surface area contributed by atoms with E-state index in [-0.39, 0.29) is 36.5 Å². The molecule has 1 aromatic heterocycles. The summed E-state index contributed by atoms with van der Waals surface area (Å²) in [5.74, 6) is -8.79. The molecule has 0 spiro atoms. The van der Waals surface area contributed by atoms with Gasteiger partial charge in [-0.05, 0) is 88.5 Å². The Morgan fingerprint density at radius 3 is 2.04 bits per heavy atom. The Bertz CT molecular complexity index is 1810. The molecule has 0 aliphatic carbocycles. The van der Waals surface area contributed by atoms with Crippen LogP contribution in [0, 0.1) is 37.2 Å². The number of carboxylic acid groups (broad SMARTS) is 1. The number of hydrogen-bond donors (Lipinski definition) is 2. The van der Waals surface area contributed by atoms with E-state index in [1.54, 1.807) is 32.8 Å². The van der Waals surface area contributed by atoms with Gasteiger partial charge < -0.3 is 19.9 Å². The molecule has 2 aromatic carbocycles. The fourth-order valence-corrected chi connectivity index (χ4v) is 5.95. The average molecular weight is 736 g/mol. The second-order valence-electron chi connectivity index (χ2n) is 13.1. The number of carbonyl (C=O) groups is 2. The Kier molecular flexibility index (Phi) is 12.8. The summed E-state index contributed by atoms with van der Waals surface area (Å²) < 4.78 is 132. The van der Waals surface area contributed by atoms with Gasteiger partial charge in [0.1, 0.15) is 23.5 Å². The Morgan fingerprint density at radius 2 is 1.53 bits per heavy atom. The molecule has 1 unspecified atom stereocenters. The van der Waals surface area contributed by atoms with Crippen molar-refractivity contribution in [2.24, 2.45) is 5.92 Å². The van der Waals surface area contributed by atoms with Crippen LogP contribution in [0.2, 0.25) is 0 Å². The molecule has 2 N–H and O–H groups in total. The molecule has 0 saturated carbocycles. The summed E-state index contributed by atoms with van der Waals surface area (Å²) in [7, 11) is 3.39. The monoisotopic (exact) mass is 735 g/mol. The van der Waals surface area contributed by atoms with E-state index in [4.69, 9.17) is 0 Å². The van der Waals surface area contributed by atoms with Gasteiger partial charge in [0.15, 0.2) is 0 Å². The van der Waals surface area contributed by atoms with Gasteiger partial charge in [-0.2, -0.15) is 26.3 Å². The molecule has 2 atom stereocenters. The zero-order valence-electron chi connectivity index (χ0n) is 28.6. The lowest BCUT2D eigenvalue weighted by atomic mass is 9.90. The van der Waals surface area contributed by atoms with Gasteiger partial charge in [0.2, 0.25) is 5.91 Å². The topological polar surface area (TPSA) is 91.6 Å². The number of carbonyl (C=O) groups excluding carboxylic acids is 1. The Morgan fingerprint density at radius 1 is 0.922 bits per heavy atom. The smallest absolute Gasteiger partial charge is 0.419 e. The van der Waals surface area contributed by atoms with Crippen LogP contribution in [0.25, 0.3) is 11.1 Å². The number of carboxylic acids is 1. The minimum absolute atomic E-state index is 0.0315. The SMILES string of the molecule is Cc1cc(C)c(-c2cc(C(F)(F)F)c(F)c([C@H](CC(=O)O)NC(=O)C(CC(C)C)n3cc(CCCN(C)C)c(C(F)(F)F)cc3=O)c2F)c(F)c1. The van der Waals surface area contributed by atoms with E-state index in [1.165, 1.54) is 19.9 Å². The van der Waals surface area contributed by atoms with Gasteiger partial charge in [0.25, 0.3) is 5.56 Å². The number of nitrogens with one attached hydrogen (secondary N) is 1. The van der Waals surface area contributed by atoms with Crippen molar-refractivity contribution in [2.75, 3.05) is 20.6 Å². The molecule has 51 heavy (non-hydrogen) atoms. The number of rotatable bonds is 13. The molecular formula is C35H38F9N3O4. The molecule has 0 bridgehead atoms. The lowest BCUT2D eigenvalue weighted by molar-refractivity contribution is -0.140. The molecule has 0 fully saturated rings. The van der Waals surface area contributed by atoms with Crippen LogP contribution in [0.4, 0.5) is 39.5 Å². The normalized spacial score (nSPS) is 13.5. The lowest BCUT2D eigenvalue weighted by Gasteiger charge is -2.27. The zero-order chi connectivity index (χ0) is 38.7. The fraction of sp³-hybridized carbons (Fsp3) is 0.457. The largest absolute Gasteiger partial charge is 0.481 e. The molecule has 16 heteroatoms. The Labute approximate surface area is 288 Å². The first-order valence-electron chi connectivity index (χ1n) is 15.8. The predicted octanol–water partition coefficient (Wildman–Crippen LogP) is 8.00. The Hall–Kier alpha value is -4.34. The third-order valence-electron chi connectivity index (χ3n) is 8.14. The molecule has 7 nitrogen and oxygen atoms in total. The zero-order valence-corrected chi connectivity index (χ0v) is 28.6. The van der Waals surface area contributed by atoms with Crippen molar-refractivity contribution < 1.29 is 54.2 Å². The van der Waals surface area contributed by atoms with Gasteiger partial charge in [-0.15, -0.1) is 0 Å². The molecule has 0 radical (unpaired) electrons. The van der Waals surface area contributed by atoms with Crippen LogP contribution in [0.1, 0.15) is 78.6 Å². The van der Waals surface area contributed by atoms with Crippen molar-refractivity contribution in [3.05, 3.63) is 91.6 Å². The molecule has 1 heterocycles. The molecule has 3 rings (SSSR count). The number of aryl methyl sites for hydroxylation is 3. The van der Waals surface area contributed by atoms with E-state index in [1.807, 2.05) is 5.32 Å². The highest BCUT2D eigenvalue weighted by Crippen LogP contribution is 2.42. The quantitative estimate of drug-likeness (QED) is 0.174. The number of pyridine rings is 1. The summed E-state index contributed by atoms with van der Waals surface area (Å²) in [4.78, 5) is 40.7. The standard InChI is InChI=1S/C35H38F9N3O4/c1-17(2)10-26(47-16-20(8-7-9-46(5)6)22(14-27(47)48)34(39,40)41)33(51)45-25(15-28(49)50)30-31(37)21(13-23(32(30)38)35(42,43)44)29-19(4)11-18(3)12-24(29)36/h11-14,16-17,25-26H,7-10,15H2,1-6H3,(H,45,51)(H,49,50)/t25-,26?/m0/s1. The van der Waals surface area contributed by atoms with Gasteiger partial charge in [-0.1, -0.05) is 19.9 Å². The van der Waals surface area contributed by atoms with Crippen molar-refractivity contribution in [1.29, 1.82) is 0 Å². The highest BCUT2D eigenvalue weighted by atomic mass is 19.4. The van der Waals surface area contributed by atoms with Crippen LogP contribution >= 0.6 is 0 Å². The van der Waals surface area contributed by atoms with Crippen molar-refractivity contribution in [3.8, 4) is 11.1 Å². The number of alkyl halides is 6. The second-order valence-corrected chi connectivity index (χ2v) is 13.1. The number of nitrogens with zero attached hydrogens (tertiary/aromatic N) is 2. The number of aromatic nitrogens is 1. The highest BCUT2D eigenvalue weighted by Gasteiger charge is 2.41. The van der Waals surface area contributed by atoms with Gasteiger partial charge in [0.05, 0.1) is 23.6 Å². The first kappa shape index (κ1) is 41.1. The molecule has 3 aromatic rings. The summed E-state index contributed by atoms with van der Waals surface area (Å²) in [6.07, 6.45) is -11.2. The summed E-state index contributed by atoms with van der Waals surface area (Å²) in [5, 5.41) is 11.7. The third-order valence-corrected chi connectivity index (χ3v) is 8.14. The number of amides is 1. The van der Waals surface area contributed by atoms with Crippen LogP contribution in [0.15, 0.2) is 35.3 Å². The molecule has 0 aliphatic heterocycles. The van der Waals surface area contributed by atoms with Crippen LogP contribution in [-0.4, -0.2) is 47.1 Å². The molecule has 0 aliphatic rings. The van der Waals surface area contributed by atoms with E-state index in [0.29, 0.717) is 22.7 Å². The summed E-state index contributed by atoms with van der Waals surface area (Å²) in [6.45, 7) is 6.27. The van der Waals surface area contributed by atoms with Crippen molar-refractivity contribution in [3.63, 3.8) is 0 Å². The van der Waals surface area contributed by atoms with E-state index >= 15 is 13.2 Å². The maximum absolute atomic E-state index is 16.3. The van der Waals surface area contributed by atoms with E-state index in [9.17, 15) is 45.8 Å². The maximum atomic E-state index is 16.3. The average Bonchev–Trinajstić information content (AvgIpc) is 2.95. The second kappa shape index (κ2) is 15.9. The first-order valence-corrected chi connectivity index (χ1v) is 15.8. The lowest BCUT2D eigenvalue weighted by Crippen LogP contribution is -2.41. The number of halogens is 9. The predicted molar refractivity (Wildman–Crippen MR) is 170 cm³/mol. The van der Waals surface area contributed by atoms with Crippen molar-refractivity contribution in [2.45, 2.75) is 77.8 Å². The summed E-state index contributed by atoms with van der Waals surface area (Å²) >= 11 is 0. The highest BCUT2D eigenvalue weighted by molar-refractivity contribution is 5.82. The molecule has 280 valence electrons. The number of hydrogen-bond acceptors (Lipinski definition) is 4. The van der Waals surface area contributed by atoms with E-state index < -0.39 is 99.5 Å². The van der Waals surface area contributed by atoms with Gasteiger partial charge >= 0.3 is 18.3 Å². The molecular weight excluding hydrogens is 697 g/mol. The summed E-state index contributed by atoms with van der Waals surface area (Å²) in [5.41, 5.74) is -7.90. The first-order chi connectivity index (χ1) is 23.4. The van der Waals surface area contributed by atoms with Crippen LogP contribution in [-0.2, 0) is 28.4 Å². The fourth-order valence-electron chi connectivity index (χ4n) is 5.95. The third kappa shape index (κ3) is 9.92. The number of benzene rings is 2. The van der Waals surface area contributed by atoms with Crippen LogP contribution in [0.3, 0.4) is 0 Å². The summed E-state index contributed by atoms with van der Waals surface area (Å²) in [6, 6.07) is -1.46. The minimum atomic E-state index is -5.50. The Balaban J connectivity index is 2.27. The van der Waals surface area contributed by atoms with Gasteiger partial charge in [0, 0.05) is 29.0 Å². The maximum Gasteiger partial charge on any atom is 0.419 e. The molecule has 0 saturated heterocycles. The molecule has 1 amide bonds. The minimum Gasteiger partial charge on any atom is -0.481 e. The van der Waals surface area contributed by atoms with E-state index in [0.717, 1.165) is 12.3 Å².